The number of methoxy groups -OCH3 is 1. The number of aliphatic hydroxyl groups excluding tert-OH is 1. The van der Waals surface area contributed by atoms with Crippen LogP contribution in [0.25, 0.3) is 12.2 Å². The minimum atomic E-state index is -0.842. The van der Waals surface area contributed by atoms with Gasteiger partial charge < -0.3 is 20.5 Å². The van der Waals surface area contributed by atoms with Crippen molar-refractivity contribution in [2.45, 2.75) is 38.3 Å². The highest BCUT2D eigenvalue weighted by atomic mass is 16.5. The fraction of sp³-hybridized carbons (Fsp3) is 0.346. The maximum Gasteiger partial charge on any atom is 0.252 e. The molecule has 1 unspecified atom stereocenters. The fourth-order valence-corrected chi connectivity index (χ4v) is 3.85. The number of amides is 1. The Bertz CT molecular complexity index is 931. The highest BCUT2D eigenvalue weighted by molar-refractivity contribution is 6.00. The van der Waals surface area contributed by atoms with Crippen molar-refractivity contribution in [2.75, 3.05) is 20.2 Å². The van der Waals surface area contributed by atoms with Crippen LogP contribution in [0.15, 0.2) is 54.6 Å². The molecule has 5 nitrogen and oxygen atoms in total. The molecule has 0 spiro atoms. The monoisotopic (exact) mass is 420 g/mol. The van der Waals surface area contributed by atoms with Crippen LogP contribution in [0, 0.1) is 0 Å². The minimum Gasteiger partial charge on any atom is -0.497 e. The molecule has 0 radical (unpaired) electrons. The number of benzene rings is 2. The fourth-order valence-electron chi connectivity index (χ4n) is 3.85. The van der Waals surface area contributed by atoms with Crippen LogP contribution in [0.3, 0.4) is 0 Å². The van der Waals surface area contributed by atoms with Gasteiger partial charge in [-0.1, -0.05) is 48.1 Å². The average molecular weight is 421 g/mol. The predicted octanol–water partition coefficient (Wildman–Crippen LogP) is 4.35. The molecule has 3 rings (SSSR count). The summed E-state index contributed by atoms with van der Waals surface area (Å²) in [5.41, 5.74) is 3.63. The van der Waals surface area contributed by atoms with Crippen LogP contribution in [0.2, 0.25) is 0 Å². The molecule has 0 bridgehead atoms. The van der Waals surface area contributed by atoms with Crippen LogP contribution in [0.4, 0.5) is 0 Å². The summed E-state index contributed by atoms with van der Waals surface area (Å²) in [5, 5.41) is 17.4. The van der Waals surface area contributed by atoms with Gasteiger partial charge in [-0.15, -0.1) is 6.58 Å². The summed E-state index contributed by atoms with van der Waals surface area (Å²) in [6.45, 7) is 7.56. The Morgan fingerprint density at radius 2 is 1.97 bits per heavy atom. The van der Waals surface area contributed by atoms with Gasteiger partial charge >= 0.3 is 0 Å². The Hall–Kier alpha value is -2.89. The molecule has 1 saturated heterocycles. The summed E-state index contributed by atoms with van der Waals surface area (Å²) < 4.78 is 5.48. The van der Waals surface area contributed by atoms with E-state index in [1.165, 1.54) is 0 Å². The standard InChI is InChI=1S/C26H32N2O3/c1-18(2)15-24(29)23-17-22(31-3)16-20(10-9-19-7-5-4-6-8-19)25(23)26(30)28-21-11-13-27-14-12-21/h4-10,16-17,21,24,27,29H,1,11-15H2,2-3H3,(H,28,30)/b10-9+. The Labute approximate surface area is 184 Å². The van der Waals surface area contributed by atoms with Gasteiger partial charge in [-0.2, -0.15) is 0 Å². The summed E-state index contributed by atoms with van der Waals surface area (Å²) in [6, 6.07) is 13.6. The Balaban J connectivity index is 2.04. The first kappa shape index (κ1) is 22.8. The van der Waals surface area contributed by atoms with E-state index in [1.807, 2.05) is 55.5 Å². The lowest BCUT2D eigenvalue weighted by Crippen LogP contribution is -2.43. The van der Waals surface area contributed by atoms with Gasteiger partial charge in [0.25, 0.3) is 5.91 Å². The highest BCUT2D eigenvalue weighted by Gasteiger charge is 2.24. The zero-order valence-electron chi connectivity index (χ0n) is 18.4. The van der Waals surface area contributed by atoms with Crippen molar-refractivity contribution >= 4 is 18.1 Å². The average Bonchev–Trinajstić information content (AvgIpc) is 2.77. The third-order valence-electron chi connectivity index (χ3n) is 5.47. The second-order valence-corrected chi connectivity index (χ2v) is 8.10. The molecule has 2 aromatic carbocycles. The van der Waals surface area contributed by atoms with Gasteiger partial charge in [-0.25, -0.2) is 0 Å². The molecule has 0 aliphatic carbocycles. The first-order chi connectivity index (χ1) is 15.0. The summed E-state index contributed by atoms with van der Waals surface area (Å²) in [5.74, 6) is 0.430. The van der Waals surface area contributed by atoms with Gasteiger partial charge in [-0.3, -0.25) is 4.79 Å². The van der Waals surface area contributed by atoms with Crippen molar-refractivity contribution in [2.24, 2.45) is 0 Å². The number of carbonyl (C=O) groups is 1. The van der Waals surface area contributed by atoms with E-state index in [0.717, 1.165) is 37.1 Å². The molecule has 0 aromatic heterocycles. The Morgan fingerprint density at radius 1 is 1.26 bits per heavy atom. The van der Waals surface area contributed by atoms with Crippen molar-refractivity contribution in [3.05, 3.63) is 76.9 Å². The molecule has 1 heterocycles. The van der Waals surface area contributed by atoms with Gasteiger partial charge in [0.05, 0.1) is 18.8 Å². The molecule has 164 valence electrons. The van der Waals surface area contributed by atoms with Crippen LogP contribution in [0.5, 0.6) is 5.75 Å². The van der Waals surface area contributed by atoms with Crippen LogP contribution < -0.4 is 15.4 Å². The van der Waals surface area contributed by atoms with Gasteiger partial charge in [0.15, 0.2) is 0 Å². The second kappa shape index (κ2) is 10.9. The molecule has 0 saturated carbocycles. The molecule has 1 amide bonds. The number of ether oxygens (including phenoxy) is 1. The third-order valence-corrected chi connectivity index (χ3v) is 5.47. The lowest BCUT2D eigenvalue weighted by atomic mass is 9.92. The smallest absolute Gasteiger partial charge is 0.252 e. The van der Waals surface area contributed by atoms with E-state index in [1.54, 1.807) is 13.2 Å². The maximum absolute atomic E-state index is 13.4. The topological polar surface area (TPSA) is 70.6 Å². The maximum atomic E-state index is 13.4. The SMILES string of the molecule is C=C(C)CC(O)c1cc(OC)cc(/C=C/c2ccccc2)c1C(=O)NC1CCNCC1. The van der Waals surface area contributed by atoms with Crippen LogP contribution in [-0.2, 0) is 0 Å². The molecule has 1 aliphatic heterocycles. The number of hydrogen-bond acceptors (Lipinski definition) is 4. The van der Waals surface area contributed by atoms with Crippen molar-refractivity contribution in [3.8, 4) is 5.75 Å². The molecular weight excluding hydrogens is 388 g/mol. The first-order valence-electron chi connectivity index (χ1n) is 10.8. The molecule has 31 heavy (non-hydrogen) atoms. The van der Waals surface area contributed by atoms with Gasteiger partial charge in [-0.05, 0) is 68.1 Å². The van der Waals surface area contributed by atoms with Crippen LogP contribution >= 0.6 is 0 Å². The van der Waals surface area contributed by atoms with Gasteiger partial charge in [0, 0.05) is 6.04 Å². The van der Waals surface area contributed by atoms with E-state index in [0.29, 0.717) is 28.9 Å². The molecule has 3 N–H and O–H groups in total. The lowest BCUT2D eigenvalue weighted by molar-refractivity contribution is 0.0921. The van der Waals surface area contributed by atoms with E-state index in [2.05, 4.69) is 17.2 Å². The zero-order chi connectivity index (χ0) is 22.2. The first-order valence-corrected chi connectivity index (χ1v) is 10.8. The van der Waals surface area contributed by atoms with Gasteiger partial charge in [0.1, 0.15) is 5.75 Å². The minimum absolute atomic E-state index is 0.118. The third kappa shape index (κ3) is 6.29. The normalized spacial score (nSPS) is 15.6. The van der Waals surface area contributed by atoms with E-state index >= 15 is 0 Å². The second-order valence-electron chi connectivity index (χ2n) is 8.10. The molecule has 1 atom stereocenters. The number of rotatable bonds is 8. The van der Waals surface area contributed by atoms with E-state index in [-0.39, 0.29) is 11.9 Å². The van der Waals surface area contributed by atoms with E-state index in [4.69, 9.17) is 4.74 Å². The molecular formula is C26H32N2O3. The van der Waals surface area contributed by atoms with Crippen molar-refractivity contribution in [1.82, 2.24) is 10.6 Å². The van der Waals surface area contributed by atoms with Crippen LogP contribution in [-0.4, -0.2) is 37.3 Å². The molecule has 1 fully saturated rings. The van der Waals surface area contributed by atoms with Crippen LogP contribution in [0.1, 0.15) is 59.3 Å². The van der Waals surface area contributed by atoms with E-state index < -0.39 is 6.10 Å². The molecule has 1 aliphatic rings. The van der Waals surface area contributed by atoms with Crippen molar-refractivity contribution in [1.29, 1.82) is 0 Å². The molecule has 5 heteroatoms. The number of aliphatic hydroxyl groups is 1. The van der Waals surface area contributed by atoms with Crippen molar-refractivity contribution in [3.63, 3.8) is 0 Å². The van der Waals surface area contributed by atoms with Crippen molar-refractivity contribution < 1.29 is 14.6 Å². The Morgan fingerprint density at radius 3 is 2.61 bits per heavy atom. The highest BCUT2D eigenvalue weighted by Crippen LogP contribution is 2.32. The number of hydrogen-bond donors (Lipinski definition) is 3. The number of nitrogens with one attached hydrogen (secondary N) is 2. The summed E-state index contributed by atoms with van der Waals surface area (Å²) in [4.78, 5) is 13.4. The summed E-state index contributed by atoms with van der Waals surface area (Å²) in [6.07, 6.45) is 5.19. The summed E-state index contributed by atoms with van der Waals surface area (Å²) >= 11 is 0. The Kier molecular flexibility index (Phi) is 8.04. The largest absolute Gasteiger partial charge is 0.497 e. The predicted molar refractivity (Wildman–Crippen MR) is 126 cm³/mol. The molecule has 2 aromatic rings. The lowest BCUT2D eigenvalue weighted by Gasteiger charge is -2.25. The van der Waals surface area contributed by atoms with Gasteiger partial charge in [0.2, 0.25) is 0 Å². The quantitative estimate of drug-likeness (QED) is 0.439. The summed E-state index contributed by atoms with van der Waals surface area (Å²) in [7, 11) is 1.59. The number of piperidine rings is 1. The zero-order valence-corrected chi connectivity index (χ0v) is 18.4. The number of carbonyl (C=O) groups excluding carboxylic acids is 1. The van der Waals surface area contributed by atoms with E-state index in [9.17, 15) is 9.90 Å².